The zero-order chi connectivity index (χ0) is 17.0. The maximum Gasteiger partial charge on any atom is 0.325 e. The van der Waals surface area contributed by atoms with Crippen LogP contribution < -0.4 is 5.32 Å². The minimum absolute atomic E-state index is 0.208. The first-order valence-electron chi connectivity index (χ1n) is 7.11. The number of carbonyl (C=O) groups is 2. The zero-order valence-corrected chi connectivity index (χ0v) is 14.5. The lowest BCUT2D eigenvalue weighted by Gasteiger charge is -2.05. The van der Waals surface area contributed by atoms with Crippen LogP contribution in [0.15, 0.2) is 16.7 Å². The summed E-state index contributed by atoms with van der Waals surface area (Å²) in [5.74, 6) is -1.32. The molecule has 0 aliphatic carbocycles. The fourth-order valence-corrected chi connectivity index (χ4v) is 2.41. The van der Waals surface area contributed by atoms with Gasteiger partial charge in [-0.3, -0.25) is 19.0 Å². The number of nitrogens with zero attached hydrogens (tertiary/aromatic N) is 4. The molecule has 0 spiro atoms. The summed E-state index contributed by atoms with van der Waals surface area (Å²) in [4.78, 5) is 22.5. The molecule has 2 rings (SSSR count). The minimum atomic E-state index is -1.00. The molecule has 2 aromatic heterocycles. The van der Waals surface area contributed by atoms with E-state index in [9.17, 15) is 9.59 Å². The zero-order valence-electron chi connectivity index (χ0n) is 12.9. The Morgan fingerprint density at radius 2 is 2.09 bits per heavy atom. The number of halogens is 1. The Kier molecular flexibility index (Phi) is 5.54. The molecule has 0 bridgehead atoms. The van der Waals surface area contributed by atoms with E-state index in [4.69, 9.17) is 5.11 Å². The van der Waals surface area contributed by atoms with Crippen LogP contribution in [0, 0.1) is 13.8 Å². The van der Waals surface area contributed by atoms with Crippen molar-refractivity contribution in [2.24, 2.45) is 0 Å². The van der Waals surface area contributed by atoms with E-state index < -0.39 is 5.97 Å². The van der Waals surface area contributed by atoms with Gasteiger partial charge in [0.1, 0.15) is 12.2 Å². The molecule has 124 valence electrons. The van der Waals surface area contributed by atoms with Crippen LogP contribution in [0.2, 0.25) is 0 Å². The Morgan fingerprint density at radius 1 is 1.35 bits per heavy atom. The molecular formula is C14H18BrN5O3. The molecule has 0 aliphatic rings. The summed E-state index contributed by atoms with van der Waals surface area (Å²) in [5.41, 5.74) is 2.21. The van der Waals surface area contributed by atoms with Crippen molar-refractivity contribution < 1.29 is 14.7 Å². The van der Waals surface area contributed by atoms with Crippen LogP contribution in [-0.2, 0) is 17.9 Å². The van der Waals surface area contributed by atoms with E-state index in [0.717, 1.165) is 22.3 Å². The summed E-state index contributed by atoms with van der Waals surface area (Å²) in [6.07, 6.45) is 2.20. The molecule has 1 amide bonds. The van der Waals surface area contributed by atoms with E-state index in [1.165, 1.54) is 16.9 Å². The molecule has 0 saturated carbocycles. The summed E-state index contributed by atoms with van der Waals surface area (Å²) in [6.45, 7) is 4.84. The third-order valence-corrected chi connectivity index (χ3v) is 4.44. The van der Waals surface area contributed by atoms with Crippen molar-refractivity contribution in [1.82, 2.24) is 24.9 Å². The van der Waals surface area contributed by atoms with E-state index >= 15 is 0 Å². The van der Waals surface area contributed by atoms with Crippen molar-refractivity contribution in [2.75, 3.05) is 6.54 Å². The lowest BCUT2D eigenvalue weighted by atomic mass is 10.3. The third-order valence-electron chi connectivity index (χ3n) is 3.30. The van der Waals surface area contributed by atoms with E-state index in [0.29, 0.717) is 13.1 Å². The van der Waals surface area contributed by atoms with Crippen LogP contribution in [0.25, 0.3) is 0 Å². The van der Waals surface area contributed by atoms with Crippen molar-refractivity contribution >= 4 is 27.8 Å². The SMILES string of the molecule is Cc1nn(CCCNC(=O)c2ccn(CC(=O)O)n2)c(C)c1Br. The number of hydrogen-bond acceptors (Lipinski definition) is 4. The molecule has 0 aliphatic heterocycles. The van der Waals surface area contributed by atoms with Gasteiger partial charge in [0.25, 0.3) is 5.91 Å². The third kappa shape index (κ3) is 4.41. The fraction of sp³-hybridized carbons (Fsp3) is 0.429. The number of carboxylic acids is 1. The van der Waals surface area contributed by atoms with E-state index in [1.54, 1.807) is 0 Å². The summed E-state index contributed by atoms with van der Waals surface area (Å²) < 4.78 is 4.11. The van der Waals surface area contributed by atoms with Crippen molar-refractivity contribution in [3.05, 3.63) is 33.8 Å². The van der Waals surface area contributed by atoms with E-state index in [-0.39, 0.29) is 18.1 Å². The molecule has 0 unspecified atom stereocenters. The standard InChI is InChI=1S/C14H18BrN5O3/c1-9-13(15)10(2)20(17-9)6-3-5-16-14(23)11-4-7-19(18-11)8-12(21)22/h4,7H,3,5-6,8H2,1-2H3,(H,16,23)(H,21,22). The Morgan fingerprint density at radius 3 is 2.70 bits per heavy atom. The van der Waals surface area contributed by atoms with Crippen molar-refractivity contribution in [1.29, 1.82) is 0 Å². The van der Waals surface area contributed by atoms with E-state index in [2.05, 4.69) is 31.4 Å². The Bertz CT molecular complexity index is 722. The van der Waals surface area contributed by atoms with Gasteiger partial charge in [-0.25, -0.2) is 0 Å². The van der Waals surface area contributed by atoms with E-state index in [1.807, 2.05) is 18.5 Å². The van der Waals surface area contributed by atoms with Gasteiger partial charge in [0, 0.05) is 25.0 Å². The largest absolute Gasteiger partial charge is 0.480 e. The van der Waals surface area contributed by atoms with Crippen molar-refractivity contribution in [2.45, 2.75) is 33.4 Å². The van der Waals surface area contributed by atoms with Crippen LogP contribution in [-0.4, -0.2) is 43.1 Å². The second-order valence-corrected chi connectivity index (χ2v) is 5.90. The molecule has 2 heterocycles. The number of rotatable bonds is 7. The number of hydrogen-bond donors (Lipinski definition) is 2. The van der Waals surface area contributed by atoms with Gasteiger partial charge < -0.3 is 10.4 Å². The lowest BCUT2D eigenvalue weighted by Crippen LogP contribution is -2.26. The summed E-state index contributed by atoms with van der Waals surface area (Å²) >= 11 is 3.48. The van der Waals surface area contributed by atoms with Crippen LogP contribution in [0.1, 0.15) is 28.3 Å². The molecule has 23 heavy (non-hydrogen) atoms. The highest BCUT2D eigenvalue weighted by atomic mass is 79.9. The molecule has 2 aromatic rings. The first-order valence-corrected chi connectivity index (χ1v) is 7.90. The maximum atomic E-state index is 11.9. The van der Waals surface area contributed by atoms with Gasteiger partial charge >= 0.3 is 5.97 Å². The highest BCUT2D eigenvalue weighted by Gasteiger charge is 2.11. The predicted molar refractivity (Wildman–Crippen MR) is 86.2 cm³/mol. The molecule has 0 saturated heterocycles. The van der Waals surface area contributed by atoms with Crippen LogP contribution in [0.4, 0.5) is 0 Å². The number of nitrogens with one attached hydrogen (secondary N) is 1. The normalized spacial score (nSPS) is 10.7. The molecule has 0 fully saturated rings. The number of carbonyl (C=O) groups excluding carboxylic acids is 1. The maximum absolute atomic E-state index is 11.9. The smallest absolute Gasteiger partial charge is 0.325 e. The molecule has 9 heteroatoms. The monoisotopic (exact) mass is 383 g/mol. The van der Waals surface area contributed by atoms with Crippen LogP contribution in [0.5, 0.6) is 0 Å². The molecular weight excluding hydrogens is 366 g/mol. The quantitative estimate of drug-likeness (QED) is 0.702. The van der Waals surface area contributed by atoms with Crippen molar-refractivity contribution in [3.63, 3.8) is 0 Å². The second-order valence-electron chi connectivity index (χ2n) is 5.11. The highest BCUT2D eigenvalue weighted by molar-refractivity contribution is 9.10. The van der Waals surface area contributed by atoms with Gasteiger partial charge in [0.15, 0.2) is 0 Å². The average Bonchev–Trinajstić information content (AvgIpc) is 3.04. The molecule has 8 nitrogen and oxygen atoms in total. The van der Waals surface area contributed by atoms with Gasteiger partial charge in [0.2, 0.25) is 0 Å². The molecule has 0 radical (unpaired) electrons. The van der Waals surface area contributed by atoms with Gasteiger partial charge in [-0.2, -0.15) is 10.2 Å². The summed E-state index contributed by atoms with van der Waals surface area (Å²) in [6, 6.07) is 1.50. The number of aryl methyl sites for hydroxylation is 2. The second kappa shape index (κ2) is 7.40. The van der Waals surface area contributed by atoms with Gasteiger partial charge in [-0.1, -0.05) is 0 Å². The summed E-state index contributed by atoms with van der Waals surface area (Å²) in [7, 11) is 0. The number of amides is 1. The topological polar surface area (TPSA) is 102 Å². The first-order chi connectivity index (χ1) is 10.9. The van der Waals surface area contributed by atoms with Gasteiger partial charge in [-0.05, 0) is 42.3 Å². The molecule has 2 N–H and O–H groups in total. The van der Waals surface area contributed by atoms with Crippen molar-refractivity contribution in [3.8, 4) is 0 Å². The van der Waals surface area contributed by atoms with Crippen LogP contribution in [0.3, 0.4) is 0 Å². The summed E-state index contributed by atoms with van der Waals surface area (Å²) in [5, 5.41) is 19.7. The number of carboxylic acid groups (broad SMARTS) is 1. The first kappa shape index (κ1) is 17.2. The number of aromatic nitrogens is 4. The lowest BCUT2D eigenvalue weighted by molar-refractivity contribution is -0.137. The van der Waals surface area contributed by atoms with Gasteiger partial charge in [0.05, 0.1) is 10.2 Å². The Labute approximate surface area is 141 Å². The van der Waals surface area contributed by atoms with Crippen LogP contribution >= 0.6 is 15.9 Å². The molecule has 0 aromatic carbocycles. The predicted octanol–water partition coefficient (Wildman–Crippen LogP) is 1.36. The molecule has 0 atom stereocenters. The highest BCUT2D eigenvalue weighted by Crippen LogP contribution is 2.19. The number of aliphatic carboxylic acids is 1. The fourth-order valence-electron chi connectivity index (χ4n) is 2.12. The van der Waals surface area contributed by atoms with Gasteiger partial charge in [-0.15, -0.1) is 0 Å². The minimum Gasteiger partial charge on any atom is -0.480 e. The Hall–Kier alpha value is -2.16. The Balaban J connectivity index is 1.79. The average molecular weight is 384 g/mol.